The average Bonchev–Trinajstić information content (AvgIpc) is 3.18. The molecule has 1 N–H and O–H groups in total. The van der Waals surface area contributed by atoms with E-state index in [2.05, 4.69) is 16.1 Å². The van der Waals surface area contributed by atoms with Crippen molar-refractivity contribution in [3.05, 3.63) is 53.1 Å². The van der Waals surface area contributed by atoms with Crippen molar-refractivity contribution in [1.29, 1.82) is 0 Å². The van der Waals surface area contributed by atoms with Crippen LogP contribution >= 0.6 is 0 Å². The van der Waals surface area contributed by atoms with Crippen molar-refractivity contribution in [2.24, 2.45) is 5.92 Å². The quantitative estimate of drug-likeness (QED) is 0.844. The number of aromatic nitrogens is 2. The van der Waals surface area contributed by atoms with Gasteiger partial charge in [-0.1, -0.05) is 25.0 Å². The largest absolute Gasteiger partial charge is 0.314 e. The fraction of sp³-hybridized carbons (Fsp3) is 0.526. The molecule has 0 radical (unpaired) electrons. The summed E-state index contributed by atoms with van der Waals surface area (Å²) in [5.41, 5.74) is 3.58. The molecule has 1 heterocycles. The third kappa shape index (κ3) is 4.41. The van der Waals surface area contributed by atoms with Crippen LogP contribution in [-0.4, -0.2) is 16.8 Å². The molecule has 1 aliphatic rings. The Morgan fingerprint density at radius 2 is 1.91 bits per heavy atom. The monoisotopic (exact) mass is 315 g/mol. The molecule has 1 saturated carbocycles. The summed E-state index contributed by atoms with van der Waals surface area (Å²) in [5, 5.41) is 7.96. The summed E-state index contributed by atoms with van der Waals surface area (Å²) >= 11 is 0. The zero-order chi connectivity index (χ0) is 16.1. The van der Waals surface area contributed by atoms with Crippen LogP contribution in [0.1, 0.15) is 42.6 Å². The maximum atomic E-state index is 13.0. The number of nitrogens with one attached hydrogen (secondary N) is 1. The number of nitrogens with zero attached hydrogens (tertiary/aromatic N) is 2. The van der Waals surface area contributed by atoms with Crippen LogP contribution in [0.5, 0.6) is 0 Å². The lowest BCUT2D eigenvalue weighted by atomic mass is 10.1. The van der Waals surface area contributed by atoms with Gasteiger partial charge in [0, 0.05) is 18.8 Å². The predicted molar refractivity (Wildman–Crippen MR) is 90.8 cm³/mol. The van der Waals surface area contributed by atoms with E-state index in [-0.39, 0.29) is 5.82 Å². The lowest BCUT2D eigenvalue weighted by molar-refractivity contribution is 0.416. The fourth-order valence-electron chi connectivity index (χ4n) is 3.50. The Labute approximate surface area is 137 Å². The molecule has 3 rings (SSSR count). The lowest BCUT2D eigenvalue weighted by Gasteiger charge is -2.12. The van der Waals surface area contributed by atoms with Crippen molar-refractivity contribution in [1.82, 2.24) is 15.1 Å². The Morgan fingerprint density at radius 3 is 2.61 bits per heavy atom. The molecule has 124 valence electrons. The van der Waals surface area contributed by atoms with Gasteiger partial charge in [0.25, 0.3) is 0 Å². The smallest absolute Gasteiger partial charge is 0.123 e. The second-order valence-electron chi connectivity index (χ2n) is 6.62. The van der Waals surface area contributed by atoms with E-state index in [1.165, 1.54) is 49.1 Å². The van der Waals surface area contributed by atoms with Gasteiger partial charge in [-0.15, -0.1) is 0 Å². The molecule has 0 spiro atoms. The summed E-state index contributed by atoms with van der Waals surface area (Å²) in [4.78, 5) is 0. The summed E-state index contributed by atoms with van der Waals surface area (Å²) in [6.45, 7) is 1.85. The van der Waals surface area contributed by atoms with Gasteiger partial charge in [-0.25, -0.2) is 4.39 Å². The van der Waals surface area contributed by atoms with Gasteiger partial charge in [0.15, 0.2) is 0 Å². The number of hydrogen-bond acceptors (Lipinski definition) is 2. The van der Waals surface area contributed by atoms with Crippen LogP contribution in [0, 0.1) is 11.7 Å². The second kappa shape index (κ2) is 7.73. The van der Waals surface area contributed by atoms with Crippen molar-refractivity contribution in [2.45, 2.75) is 51.6 Å². The lowest BCUT2D eigenvalue weighted by Crippen LogP contribution is -2.13. The van der Waals surface area contributed by atoms with Gasteiger partial charge in [0.05, 0.1) is 5.69 Å². The molecule has 1 aliphatic carbocycles. The first-order valence-corrected chi connectivity index (χ1v) is 8.69. The standard InChI is InChI=1S/C19H26FN3/c1-21-13-18-12-19(11-8-15-6-9-17(20)10-7-15)23(22-18)14-16-4-2-3-5-16/h6-7,9-10,12,16,21H,2-5,8,11,13-14H2,1H3. The van der Waals surface area contributed by atoms with Crippen LogP contribution in [0.3, 0.4) is 0 Å². The van der Waals surface area contributed by atoms with Crippen LogP contribution < -0.4 is 5.32 Å². The van der Waals surface area contributed by atoms with E-state index in [1.807, 2.05) is 19.2 Å². The Hall–Kier alpha value is -1.68. The van der Waals surface area contributed by atoms with Gasteiger partial charge >= 0.3 is 0 Å². The molecule has 0 aliphatic heterocycles. The van der Waals surface area contributed by atoms with Crippen molar-refractivity contribution in [3.8, 4) is 0 Å². The van der Waals surface area contributed by atoms with Crippen LogP contribution in [0.2, 0.25) is 0 Å². The molecule has 0 unspecified atom stereocenters. The maximum absolute atomic E-state index is 13.0. The van der Waals surface area contributed by atoms with Crippen LogP contribution in [0.25, 0.3) is 0 Å². The first kappa shape index (κ1) is 16.2. The molecular formula is C19H26FN3. The Morgan fingerprint density at radius 1 is 1.17 bits per heavy atom. The summed E-state index contributed by atoms with van der Waals surface area (Å²) in [6.07, 6.45) is 7.27. The average molecular weight is 315 g/mol. The van der Waals surface area contributed by atoms with E-state index in [4.69, 9.17) is 5.10 Å². The summed E-state index contributed by atoms with van der Waals surface area (Å²) in [6, 6.07) is 9.05. The van der Waals surface area contributed by atoms with Crippen molar-refractivity contribution in [3.63, 3.8) is 0 Å². The highest BCUT2D eigenvalue weighted by Crippen LogP contribution is 2.26. The minimum atomic E-state index is -0.170. The number of rotatable bonds is 7. The van der Waals surface area contributed by atoms with Crippen LogP contribution in [-0.2, 0) is 25.9 Å². The summed E-state index contributed by atoms with van der Waals surface area (Å²) in [7, 11) is 1.95. The number of benzene rings is 1. The summed E-state index contributed by atoms with van der Waals surface area (Å²) in [5.74, 6) is 0.609. The second-order valence-corrected chi connectivity index (χ2v) is 6.62. The zero-order valence-electron chi connectivity index (χ0n) is 13.9. The van der Waals surface area contributed by atoms with Gasteiger partial charge in [-0.3, -0.25) is 4.68 Å². The molecule has 0 amide bonds. The van der Waals surface area contributed by atoms with Gasteiger partial charge in [0.1, 0.15) is 5.82 Å². The molecule has 0 saturated heterocycles. The van der Waals surface area contributed by atoms with Crippen molar-refractivity contribution in [2.75, 3.05) is 7.05 Å². The highest BCUT2D eigenvalue weighted by molar-refractivity contribution is 5.19. The molecule has 1 aromatic heterocycles. The molecule has 3 nitrogen and oxygen atoms in total. The van der Waals surface area contributed by atoms with Gasteiger partial charge in [-0.2, -0.15) is 5.10 Å². The molecule has 2 aromatic rings. The molecule has 1 fully saturated rings. The van der Waals surface area contributed by atoms with E-state index in [9.17, 15) is 4.39 Å². The SMILES string of the molecule is CNCc1cc(CCc2ccc(F)cc2)n(CC2CCCC2)n1. The molecule has 0 atom stereocenters. The van der Waals surface area contributed by atoms with E-state index in [0.29, 0.717) is 0 Å². The topological polar surface area (TPSA) is 29.9 Å². The highest BCUT2D eigenvalue weighted by Gasteiger charge is 2.18. The van der Waals surface area contributed by atoms with Crippen molar-refractivity contribution < 1.29 is 4.39 Å². The van der Waals surface area contributed by atoms with E-state index in [0.717, 1.165) is 37.5 Å². The minimum Gasteiger partial charge on any atom is -0.314 e. The first-order chi connectivity index (χ1) is 11.2. The third-order valence-electron chi connectivity index (χ3n) is 4.76. The Balaban J connectivity index is 1.69. The van der Waals surface area contributed by atoms with E-state index >= 15 is 0 Å². The van der Waals surface area contributed by atoms with E-state index in [1.54, 1.807) is 0 Å². The molecular weight excluding hydrogens is 289 g/mol. The van der Waals surface area contributed by atoms with Crippen molar-refractivity contribution >= 4 is 0 Å². The molecule has 4 heteroatoms. The Bertz CT molecular complexity index is 612. The van der Waals surface area contributed by atoms with Crippen LogP contribution in [0.15, 0.2) is 30.3 Å². The first-order valence-electron chi connectivity index (χ1n) is 8.69. The normalized spacial score (nSPS) is 15.4. The minimum absolute atomic E-state index is 0.170. The predicted octanol–water partition coefficient (Wildman–Crippen LogP) is 3.72. The number of hydrogen-bond donors (Lipinski definition) is 1. The summed E-state index contributed by atoms with van der Waals surface area (Å²) < 4.78 is 15.2. The molecule has 0 bridgehead atoms. The Kier molecular flexibility index (Phi) is 5.44. The van der Waals surface area contributed by atoms with Gasteiger partial charge in [-0.05, 0) is 62.4 Å². The van der Waals surface area contributed by atoms with E-state index < -0.39 is 0 Å². The number of halogens is 1. The third-order valence-corrected chi connectivity index (χ3v) is 4.76. The van der Waals surface area contributed by atoms with Gasteiger partial charge in [0.2, 0.25) is 0 Å². The highest BCUT2D eigenvalue weighted by atomic mass is 19.1. The zero-order valence-corrected chi connectivity index (χ0v) is 13.9. The molecule has 1 aromatic carbocycles. The maximum Gasteiger partial charge on any atom is 0.123 e. The van der Waals surface area contributed by atoms with Gasteiger partial charge < -0.3 is 5.32 Å². The van der Waals surface area contributed by atoms with Crippen LogP contribution in [0.4, 0.5) is 4.39 Å². The fourth-order valence-corrected chi connectivity index (χ4v) is 3.50. The number of aryl methyl sites for hydroxylation is 2. The molecule has 23 heavy (non-hydrogen) atoms.